The molecule has 1 aliphatic rings. The van der Waals surface area contributed by atoms with E-state index in [9.17, 15) is 0 Å². The van der Waals surface area contributed by atoms with E-state index in [1.807, 2.05) is 24.3 Å². The van der Waals surface area contributed by atoms with E-state index in [0.717, 1.165) is 17.2 Å². The zero-order valence-corrected chi connectivity index (χ0v) is 15.9. The topological polar surface area (TPSA) is 30.8 Å². The number of benzene rings is 1. The van der Waals surface area contributed by atoms with Gasteiger partial charge in [0, 0.05) is 5.56 Å². The van der Waals surface area contributed by atoms with E-state index in [4.69, 9.17) is 9.16 Å². The van der Waals surface area contributed by atoms with Gasteiger partial charge in [-0.1, -0.05) is 34.6 Å². The Kier molecular flexibility index (Phi) is 4.71. The quantitative estimate of drug-likeness (QED) is 0.741. The predicted molar refractivity (Wildman–Crippen MR) is 95.4 cm³/mol. The standard InChI is InChI=1S/C18H29NO2Si/c1-13(2)16-12-20-17(19-16)14-8-10-15(11-9-14)21-22(6,7)18(3,4)5/h8-11,13,16H,12H2,1-7H3/t16-/m1/s1. The minimum absolute atomic E-state index is 0.203. The first-order chi connectivity index (χ1) is 10.1. The lowest BCUT2D eigenvalue weighted by Gasteiger charge is -2.36. The highest BCUT2D eigenvalue weighted by atomic mass is 28.4. The van der Waals surface area contributed by atoms with Crippen molar-refractivity contribution in [2.45, 2.75) is 58.8 Å². The number of hydrogen-bond donors (Lipinski definition) is 0. The molecule has 22 heavy (non-hydrogen) atoms. The van der Waals surface area contributed by atoms with Crippen molar-refractivity contribution in [3.8, 4) is 5.75 Å². The fraction of sp³-hybridized carbons (Fsp3) is 0.611. The zero-order valence-electron chi connectivity index (χ0n) is 14.9. The van der Waals surface area contributed by atoms with Crippen molar-refractivity contribution < 1.29 is 9.16 Å². The lowest BCUT2D eigenvalue weighted by atomic mass is 10.1. The van der Waals surface area contributed by atoms with Crippen LogP contribution < -0.4 is 4.43 Å². The second-order valence-electron chi connectivity index (χ2n) is 7.94. The maximum absolute atomic E-state index is 6.30. The molecule has 1 aromatic rings. The van der Waals surface area contributed by atoms with Crippen molar-refractivity contribution in [3.63, 3.8) is 0 Å². The highest BCUT2D eigenvalue weighted by molar-refractivity contribution is 6.74. The average Bonchev–Trinajstić information content (AvgIpc) is 2.87. The highest BCUT2D eigenvalue weighted by Gasteiger charge is 2.38. The van der Waals surface area contributed by atoms with Crippen LogP contribution in [0.2, 0.25) is 18.1 Å². The number of hydrogen-bond acceptors (Lipinski definition) is 3. The summed E-state index contributed by atoms with van der Waals surface area (Å²) in [6.45, 7) is 16.3. The van der Waals surface area contributed by atoms with Crippen molar-refractivity contribution in [2.75, 3.05) is 6.61 Å². The van der Waals surface area contributed by atoms with Crippen LogP contribution in [-0.4, -0.2) is 26.9 Å². The number of ether oxygens (including phenoxy) is 1. The van der Waals surface area contributed by atoms with Gasteiger partial charge in [-0.15, -0.1) is 0 Å². The minimum atomic E-state index is -1.78. The summed E-state index contributed by atoms with van der Waals surface area (Å²) in [7, 11) is -1.78. The normalized spacial score (nSPS) is 19.1. The van der Waals surface area contributed by atoms with Crippen LogP contribution in [-0.2, 0) is 4.74 Å². The summed E-state index contributed by atoms with van der Waals surface area (Å²) in [6.07, 6.45) is 0. The molecule has 1 heterocycles. The maximum Gasteiger partial charge on any atom is 0.250 e. The van der Waals surface area contributed by atoms with Gasteiger partial charge in [-0.25, -0.2) is 4.99 Å². The third-order valence-electron chi connectivity index (χ3n) is 4.72. The summed E-state index contributed by atoms with van der Waals surface area (Å²) in [5.74, 6) is 2.21. The van der Waals surface area contributed by atoms with E-state index in [0.29, 0.717) is 12.5 Å². The predicted octanol–water partition coefficient (Wildman–Crippen LogP) is 4.87. The van der Waals surface area contributed by atoms with Crippen LogP contribution in [0, 0.1) is 5.92 Å². The summed E-state index contributed by atoms with van der Waals surface area (Å²) >= 11 is 0. The third kappa shape index (κ3) is 3.72. The molecule has 3 nitrogen and oxygen atoms in total. The molecule has 0 amide bonds. The van der Waals surface area contributed by atoms with Crippen LogP contribution in [0.25, 0.3) is 0 Å². The number of aliphatic imine (C=N–C) groups is 1. The van der Waals surface area contributed by atoms with Gasteiger partial charge in [0.05, 0.1) is 6.04 Å². The second-order valence-corrected chi connectivity index (χ2v) is 12.7. The molecule has 0 spiro atoms. The summed E-state index contributed by atoms with van der Waals surface area (Å²) < 4.78 is 12.0. The lowest BCUT2D eigenvalue weighted by molar-refractivity contribution is 0.292. The third-order valence-corrected chi connectivity index (χ3v) is 9.08. The molecular weight excluding hydrogens is 290 g/mol. The van der Waals surface area contributed by atoms with Gasteiger partial charge in [0.25, 0.3) is 0 Å². The fourth-order valence-electron chi connectivity index (χ4n) is 2.00. The SMILES string of the molecule is CC(C)[C@H]1COC(c2ccc(O[Si](C)(C)C(C)(C)C)cc2)=N1. The van der Waals surface area contributed by atoms with Crippen LogP contribution >= 0.6 is 0 Å². The van der Waals surface area contributed by atoms with Gasteiger partial charge >= 0.3 is 0 Å². The monoisotopic (exact) mass is 319 g/mol. The molecule has 1 aromatic carbocycles. The Morgan fingerprint density at radius 3 is 2.23 bits per heavy atom. The highest BCUT2D eigenvalue weighted by Crippen LogP contribution is 2.37. The molecule has 0 aliphatic carbocycles. The van der Waals surface area contributed by atoms with Gasteiger partial charge in [0.15, 0.2) is 0 Å². The number of nitrogens with zero attached hydrogens (tertiary/aromatic N) is 1. The maximum atomic E-state index is 6.30. The Morgan fingerprint density at radius 1 is 1.18 bits per heavy atom. The first kappa shape index (κ1) is 17.1. The Labute approximate surface area is 135 Å². The van der Waals surface area contributed by atoms with E-state index in [-0.39, 0.29) is 11.1 Å². The van der Waals surface area contributed by atoms with Gasteiger partial charge in [-0.2, -0.15) is 0 Å². The van der Waals surface area contributed by atoms with Gasteiger partial charge in [0.2, 0.25) is 14.2 Å². The molecule has 0 unspecified atom stereocenters. The van der Waals surface area contributed by atoms with E-state index in [2.05, 4.69) is 52.7 Å². The molecule has 0 fully saturated rings. The van der Waals surface area contributed by atoms with Gasteiger partial charge in [0.1, 0.15) is 12.4 Å². The van der Waals surface area contributed by atoms with Crippen molar-refractivity contribution >= 4 is 14.2 Å². The first-order valence-electron chi connectivity index (χ1n) is 8.10. The fourth-order valence-corrected chi connectivity index (χ4v) is 3.03. The molecule has 1 atom stereocenters. The van der Waals surface area contributed by atoms with Crippen LogP contribution in [0.15, 0.2) is 29.3 Å². The van der Waals surface area contributed by atoms with Crippen LogP contribution in [0.5, 0.6) is 5.75 Å². The van der Waals surface area contributed by atoms with Gasteiger partial charge in [-0.3, -0.25) is 0 Å². The number of rotatable bonds is 4. The molecule has 0 aromatic heterocycles. The van der Waals surface area contributed by atoms with E-state index in [1.54, 1.807) is 0 Å². The molecule has 122 valence electrons. The molecular formula is C18H29NO2Si. The molecule has 0 saturated heterocycles. The minimum Gasteiger partial charge on any atom is -0.544 e. The molecule has 1 aliphatic heterocycles. The molecule has 0 radical (unpaired) electrons. The molecule has 0 saturated carbocycles. The Bertz CT molecular complexity index is 541. The van der Waals surface area contributed by atoms with E-state index >= 15 is 0 Å². The largest absolute Gasteiger partial charge is 0.544 e. The van der Waals surface area contributed by atoms with Crippen molar-refractivity contribution in [1.82, 2.24) is 0 Å². The molecule has 0 bridgehead atoms. The average molecular weight is 320 g/mol. The van der Waals surface area contributed by atoms with Gasteiger partial charge < -0.3 is 9.16 Å². The van der Waals surface area contributed by atoms with Gasteiger partial charge in [-0.05, 0) is 48.3 Å². The van der Waals surface area contributed by atoms with E-state index in [1.165, 1.54) is 0 Å². The molecule has 0 N–H and O–H groups in total. The van der Waals surface area contributed by atoms with Crippen LogP contribution in [0.3, 0.4) is 0 Å². The van der Waals surface area contributed by atoms with Crippen molar-refractivity contribution in [3.05, 3.63) is 29.8 Å². The summed E-state index contributed by atoms with van der Waals surface area (Å²) in [4.78, 5) is 4.66. The first-order valence-corrected chi connectivity index (χ1v) is 11.0. The second kappa shape index (κ2) is 6.07. The Morgan fingerprint density at radius 2 is 1.77 bits per heavy atom. The molecule has 4 heteroatoms. The molecule has 2 rings (SSSR count). The Balaban J connectivity index is 2.10. The van der Waals surface area contributed by atoms with Crippen LogP contribution in [0.4, 0.5) is 0 Å². The smallest absolute Gasteiger partial charge is 0.250 e. The van der Waals surface area contributed by atoms with Crippen molar-refractivity contribution in [1.29, 1.82) is 0 Å². The zero-order chi connectivity index (χ0) is 16.5. The van der Waals surface area contributed by atoms with E-state index < -0.39 is 8.32 Å². The van der Waals surface area contributed by atoms with Crippen LogP contribution in [0.1, 0.15) is 40.2 Å². The summed E-state index contributed by atoms with van der Waals surface area (Å²) in [5, 5.41) is 0.203. The lowest BCUT2D eigenvalue weighted by Crippen LogP contribution is -2.43. The Hall–Kier alpha value is -1.29. The summed E-state index contributed by atoms with van der Waals surface area (Å²) in [6, 6.07) is 8.43. The summed E-state index contributed by atoms with van der Waals surface area (Å²) in [5.41, 5.74) is 1.03. The van der Waals surface area contributed by atoms with Crippen molar-refractivity contribution in [2.24, 2.45) is 10.9 Å².